The number of nitrogens with zero attached hydrogens (tertiary/aromatic N) is 1. The van der Waals surface area contributed by atoms with Crippen LogP contribution >= 0.6 is 0 Å². The topological polar surface area (TPSA) is 48.0 Å². The highest BCUT2D eigenvalue weighted by Crippen LogP contribution is 2.33. The van der Waals surface area contributed by atoms with Crippen molar-refractivity contribution in [2.45, 2.75) is 40.0 Å². The van der Waals surface area contributed by atoms with Crippen molar-refractivity contribution in [1.82, 2.24) is 0 Å². The number of hydrogen-bond donors (Lipinski definition) is 0. The van der Waals surface area contributed by atoms with E-state index >= 15 is 0 Å². The van der Waals surface area contributed by atoms with Crippen LogP contribution in [-0.4, -0.2) is 46.0 Å². The molecule has 2 aromatic rings. The second-order valence-electron chi connectivity index (χ2n) is 8.86. The fourth-order valence-electron chi connectivity index (χ4n) is 4.11. The van der Waals surface area contributed by atoms with Gasteiger partial charge in [0, 0.05) is 31.0 Å². The van der Waals surface area contributed by atoms with Crippen LogP contribution in [0.1, 0.15) is 45.6 Å². The lowest BCUT2D eigenvalue weighted by atomic mass is 9.96. The molecule has 0 saturated heterocycles. The molecule has 0 N–H and O–H groups in total. The summed E-state index contributed by atoms with van der Waals surface area (Å²) in [6.45, 7) is 10.4. The summed E-state index contributed by atoms with van der Waals surface area (Å²) >= 11 is 0. The first-order chi connectivity index (χ1) is 16.0. The Kier molecular flexibility index (Phi) is 9.37. The molecule has 0 unspecified atom stereocenters. The van der Waals surface area contributed by atoms with Gasteiger partial charge in [0.1, 0.15) is 12.4 Å². The van der Waals surface area contributed by atoms with E-state index in [9.17, 15) is 4.79 Å². The lowest BCUT2D eigenvalue weighted by Crippen LogP contribution is -2.30. The van der Waals surface area contributed by atoms with Crippen molar-refractivity contribution in [3.05, 3.63) is 53.6 Å². The molecule has 0 amide bonds. The number of esters is 1. The van der Waals surface area contributed by atoms with Gasteiger partial charge in [-0.1, -0.05) is 39.0 Å². The Morgan fingerprint density at radius 3 is 2.48 bits per heavy atom. The van der Waals surface area contributed by atoms with E-state index in [4.69, 9.17) is 14.2 Å². The highest BCUT2D eigenvalue weighted by Gasteiger charge is 2.19. The Morgan fingerprint density at radius 2 is 1.79 bits per heavy atom. The molecule has 5 nitrogen and oxygen atoms in total. The predicted molar refractivity (Wildman–Crippen MR) is 135 cm³/mol. The summed E-state index contributed by atoms with van der Waals surface area (Å²) in [5.74, 6) is 1.15. The van der Waals surface area contributed by atoms with Crippen LogP contribution in [0.3, 0.4) is 0 Å². The molecule has 1 aliphatic rings. The molecule has 0 atom stereocenters. The third kappa shape index (κ3) is 7.10. The number of ether oxygens (including phenoxy) is 3. The zero-order chi connectivity index (χ0) is 23.6. The lowest BCUT2D eigenvalue weighted by molar-refractivity contribution is -0.136. The number of anilines is 1. The first kappa shape index (κ1) is 24.8. The minimum Gasteiger partial charge on any atom is -0.491 e. The number of carbonyl (C=O) groups is 1. The number of methoxy groups -OCH3 is 1. The molecule has 0 bridgehead atoms. The van der Waals surface area contributed by atoms with Crippen LogP contribution in [0.4, 0.5) is 5.69 Å². The molecular weight excluding hydrogens is 414 g/mol. The first-order valence-corrected chi connectivity index (χ1v) is 12.0. The van der Waals surface area contributed by atoms with Gasteiger partial charge in [0.2, 0.25) is 0 Å². The molecule has 1 heterocycles. The Bertz CT molecular complexity index is 933. The summed E-state index contributed by atoms with van der Waals surface area (Å²) in [6.07, 6.45) is 4.67. The Morgan fingerprint density at radius 1 is 1.03 bits per heavy atom. The van der Waals surface area contributed by atoms with E-state index in [1.54, 1.807) is 0 Å². The zero-order valence-corrected chi connectivity index (χ0v) is 20.4. The van der Waals surface area contributed by atoms with Gasteiger partial charge < -0.3 is 19.1 Å². The maximum Gasteiger partial charge on any atom is 0.333 e. The second-order valence-corrected chi connectivity index (χ2v) is 8.86. The van der Waals surface area contributed by atoms with Gasteiger partial charge in [-0.25, -0.2) is 4.79 Å². The first-order valence-electron chi connectivity index (χ1n) is 12.0. The van der Waals surface area contributed by atoms with Crippen LogP contribution in [0, 0.1) is 5.92 Å². The minimum atomic E-state index is -0.243. The minimum absolute atomic E-state index is 0.243. The summed E-state index contributed by atoms with van der Waals surface area (Å²) in [5.41, 5.74) is 5.17. The standard InChI is InChI=1S/C28H37NO4/c1-5-15-32-16-17-33-26-11-8-22(9-12-26)23-10-13-27-25(18-23)19-24(28(30)31-4)7-6-14-29(27)20-21(2)3/h8-13,18-19,21H,5-7,14-17,20H2,1-4H3. The molecule has 33 heavy (non-hydrogen) atoms. The van der Waals surface area contributed by atoms with Crippen molar-refractivity contribution in [2.24, 2.45) is 5.92 Å². The monoisotopic (exact) mass is 451 g/mol. The van der Waals surface area contributed by atoms with Crippen LogP contribution in [0.2, 0.25) is 0 Å². The van der Waals surface area contributed by atoms with Crippen molar-refractivity contribution >= 4 is 17.7 Å². The number of hydrogen-bond acceptors (Lipinski definition) is 5. The van der Waals surface area contributed by atoms with Gasteiger partial charge in [0.15, 0.2) is 0 Å². The number of fused-ring (bicyclic) bond motifs is 1. The van der Waals surface area contributed by atoms with E-state index in [1.807, 2.05) is 18.2 Å². The summed E-state index contributed by atoms with van der Waals surface area (Å²) < 4.78 is 16.3. The van der Waals surface area contributed by atoms with Crippen LogP contribution in [0.5, 0.6) is 5.75 Å². The molecule has 0 aliphatic carbocycles. The molecule has 1 aliphatic heterocycles. The van der Waals surface area contributed by atoms with E-state index in [-0.39, 0.29) is 5.97 Å². The molecule has 178 valence electrons. The van der Waals surface area contributed by atoms with Crippen LogP contribution in [0.25, 0.3) is 17.2 Å². The van der Waals surface area contributed by atoms with E-state index in [1.165, 1.54) is 12.8 Å². The Hall–Kier alpha value is -2.79. The van der Waals surface area contributed by atoms with Crippen molar-refractivity contribution in [1.29, 1.82) is 0 Å². The molecule has 0 radical (unpaired) electrons. The van der Waals surface area contributed by atoms with Crippen molar-refractivity contribution < 1.29 is 19.0 Å². The normalized spacial score (nSPS) is 13.7. The molecule has 3 rings (SSSR count). The van der Waals surface area contributed by atoms with Crippen LogP contribution in [-0.2, 0) is 14.3 Å². The van der Waals surface area contributed by atoms with Crippen LogP contribution in [0.15, 0.2) is 48.0 Å². The molecule has 2 aromatic carbocycles. The average molecular weight is 452 g/mol. The summed E-state index contributed by atoms with van der Waals surface area (Å²) in [7, 11) is 1.45. The summed E-state index contributed by atoms with van der Waals surface area (Å²) in [6, 6.07) is 14.6. The van der Waals surface area contributed by atoms with E-state index in [2.05, 4.69) is 56.0 Å². The molecular formula is C28H37NO4. The van der Waals surface area contributed by atoms with Gasteiger partial charge in [0.25, 0.3) is 0 Å². The predicted octanol–water partition coefficient (Wildman–Crippen LogP) is 5.97. The largest absolute Gasteiger partial charge is 0.491 e. The van der Waals surface area contributed by atoms with Gasteiger partial charge in [-0.2, -0.15) is 0 Å². The third-order valence-electron chi connectivity index (χ3n) is 5.64. The fourth-order valence-corrected chi connectivity index (χ4v) is 4.11. The maximum absolute atomic E-state index is 12.3. The lowest BCUT2D eigenvalue weighted by Gasteiger charge is -2.30. The number of benzene rings is 2. The zero-order valence-electron chi connectivity index (χ0n) is 20.4. The van der Waals surface area contributed by atoms with E-state index in [0.717, 1.165) is 67.0 Å². The average Bonchev–Trinajstić information content (AvgIpc) is 2.81. The van der Waals surface area contributed by atoms with Crippen LogP contribution < -0.4 is 9.64 Å². The van der Waals surface area contributed by atoms with Gasteiger partial charge in [0.05, 0.1) is 13.7 Å². The van der Waals surface area contributed by atoms with Crippen molar-refractivity contribution in [3.8, 4) is 16.9 Å². The summed E-state index contributed by atoms with van der Waals surface area (Å²) in [5, 5.41) is 0. The highest BCUT2D eigenvalue weighted by atomic mass is 16.5. The molecule has 0 fully saturated rings. The molecule has 0 aromatic heterocycles. The van der Waals surface area contributed by atoms with E-state index in [0.29, 0.717) is 19.1 Å². The number of carbonyl (C=O) groups excluding carboxylic acids is 1. The Balaban J connectivity index is 1.84. The quantitative estimate of drug-likeness (QED) is 0.329. The van der Waals surface area contributed by atoms with Crippen molar-refractivity contribution in [2.75, 3.05) is 44.9 Å². The van der Waals surface area contributed by atoms with Gasteiger partial charge in [-0.3, -0.25) is 0 Å². The summed E-state index contributed by atoms with van der Waals surface area (Å²) in [4.78, 5) is 14.7. The molecule has 0 saturated carbocycles. The van der Waals surface area contributed by atoms with Crippen molar-refractivity contribution in [3.63, 3.8) is 0 Å². The fraction of sp³-hybridized carbons (Fsp3) is 0.464. The van der Waals surface area contributed by atoms with Gasteiger partial charge in [-0.05, 0) is 72.2 Å². The molecule has 0 spiro atoms. The third-order valence-corrected chi connectivity index (χ3v) is 5.64. The van der Waals surface area contributed by atoms with E-state index < -0.39 is 0 Å². The SMILES string of the molecule is CCCOCCOc1ccc(-c2ccc3c(c2)C=C(C(=O)OC)CCCN3CC(C)C)cc1. The second kappa shape index (κ2) is 12.4. The number of rotatable bonds is 10. The molecule has 5 heteroatoms. The smallest absolute Gasteiger partial charge is 0.333 e. The maximum atomic E-state index is 12.3. The highest BCUT2D eigenvalue weighted by molar-refractivity contribution is 5.95. The van der Waals surface area contributed by atoms with Gasteiger partial charge >= 0.3 is 5.97 Å². The Labute approximate surface area is 198 Å². The van der Waals surface area contributed by atoms with Gasteiger partial charge in [-0.15, -0.1) is 0 Å².